The number of benzene rings is 1. The number of anilines is 2. The monoisotopic (exact) mass is 387 g/mol. The quantitative estimate of drug-likeness (QED) is 0.819. The van der Waals surface area contributed by atoms with Crippen LogP contribution in [0.5, 0.6) is 0 Å². The summed E-state index contributed by atoms with van der Waals surface area (Å²) in [5, 5.41) is 5.88. The van der Waals surface area contributed by atoms with Crippen molar-refractivity contribution in [1.29, 1.82) is 0 Å². The predicted octanol–water partition coefficient (Wildman–Crippen LogP) is 2.71. The average Bonchev–Trinajstić information content (AvgIpc) is 2.69. The van der Waals surface area contributed by atoms with E-state index in [1.165, 1.54) is 24.5 Å². The van der Waals surface area contributed by atoms with Crippen LogP contribution in [0.1, 0.15) is 30.3 Å². The molecule has 3 rings (SSSR count). The summed E-state index contributed by atoms with van der Waals surface area (Å²) in [4.78, 5) is 33.9. The molecule has 1 aliphatic rings. The SMILES string of the molecule is CCOC(=O)N1CCC(NC(=O)c2cc(Nc3cccc(F)c3)ncn2)CC1. The Bertz CT molecular complexity index is 840. The number of ether oxygens (including phenoxy) is 1. The predicted molar refractivity (Wildman–Crippen MR) is 101 cm³/mol. The maximum atomic E-state index is 13.3. The Morgan fingerprint density at radius 1 is 1.25 bits per heavy atom. The molecule has 0 bridgehead atoms. The molecule has 0 radical (unpaired) electrons. The summed E-state index contributed by atoms with van der Waals surface area (Å²) in [5.74, 6) is -0.298. The van der Waals surface area contributed by atoms with Crippen LogP contribution in [0.15, 0.2) is 36.7 Å². The first-order valence-electron chi connectivity index (χ1n) is 9.12. The van der Waals surface area contributed by atoms with Crippen LogP contribution in [0.3, 0.4) is 0 Å². The second-order valence-electron chi connectivity index (χ2n) is 6.36. The van der Waals surface area contributed by atoms with Crippen molar-refractivity contribution in [2.45, 2.75) is 25.8 Å². The van der Waals surface area contributed by atoms with Crippen LogP contribution in [-0.2, 0) is 4.74 Å². The van der Waals surface area contributed by atoms with Gasteiger partial charge in [-0.1, -0.05) is 6.07 Å². The van der Waals surface area contributed by atoms with Crippen LogP contribution < -0.4 is 10.6 Å². The number of carbonyl (C=O) groups excluding carboxylic acids is 2. The minimum Gasteiger partial charge on any atom is -0.450 e. The number of carbonyl (C=O) groups is 2. The highest BCUT2D eigenvalue weighted by molar-refractivity contribution is 5.93. The zero-order valence-corrected chi connectivity index (χ0v) is 15.5. The topological polar surface area (TPSA) is 96.5 Å². The van der Waals surface area contributed by atoms with Crippen molar-refractivity contribution in [2.24, 2.45) is 0 Å². The van der Waals surface area contributed by atoms with Crippen LogP contribution in [0.4, 0.5) is 20.7 Å². The third-order valence-corrected chi connectivity index (χ3v) is 4.35. The minimum absolute atomic E-state index is 0.0484. The number of halogens is 1. The van der Waals surface area contributed by atoms with Gasteiger partial charge in [-0.2, -0.15) is 0 Å². The zero-order chi connectivity index (χ0) is 19.9. The van der Waals surface area contributed by atoms with E-state index in [9.17, 15) is 14.0 Å². The lowest BCUT2D eigenvalue weighted by molar-refractivity contribution is 0.0856. The average molecular weight is 387 g/mol. The van der Waals surface area contributed by atoms with Crippen LogP contribution in [0.2, 0.25) is 0 Å². The van der Waals surface area contributed by atoms with Crippen molar-refractivity contribution in [3.63, 3.8) is 0 Å². The van der Waals surface area contributed by atoms with Gasteiger partial charge in [0.15, 0.2) is 0 Å². The number of rotatable bonds is 5. The van der Waals surface area contributed by atoms with Crippen LogP contribution in [-0.4, -0.2) is 52.6 Å². The summed E-state index contributed by atoms with van der Waals surface area (Å²) in [5.41, 5.74) is 0.734. The van der Waals surface area contributed by atoms with E-state index < -0.39 is 0 Å². The summed E-state index contributed by atoms with van der Waals surface area (Å²) >= 11 is 0. The number of piperidine rings is 1. The lowest BCUT2D eigenvalue weighted by atomic mass is 10.1. The van der Waals surface area contributed by atoms with E-state index in [2.05, 4.69) is 20.6 Å². The molecule has 0 unspecified atom stereocenters. The summed E-state index contributed by atoms with van der Waals surface area (Å²) in [7, 11) is 0. The number of likely N-dealkylation sites (tertiary alicyclic amines) is 1. The van der Waals surface area contributed by atoms with Gasteiger partial charge in [-0.05, 0) is 38.0 Å². The Morgan fingerprint density at radius 3 is 2.75 bits per heavy atom. The molecule has 28 heavy (non-hydrogen) atoms. The molecule has 0 saturated carbocycles. The van der Waals surface area contributed by atoms with Gasteiger partial charge in [-0.15, -0.1) is 0 Å². The lowest BCUT2D eigenvalue weighted by Crippen LogP contribution is -2.46. The van der Waals surface area contributed by atoms with Crippen molar-refractivity contribution in [2.75, 3.05) is 25.0 Å². The van der Waals surface area contributed by atoms with Crippen LogP contribution in [0.25, 0.3) is 0 Å². The molecule has 1 aromatic heterocycles. The second kappa shape index (κ2) is 9.12. The van der Waals surface area contributed by atoms with Gasteiger partial charge in [0.05, 0.1) is 6.61 Å². The summed E-state index contributed by atoms with van der Waals surface area (Å²) in [6.07, 6.45) is 2.24. The fraction of sp³-hybridized carbons (Fsp3) is 0.368. The first-order chi connectivity index (χ1) is 13.5. The Labute approximate surface area is 162 Å². The highest BCUT2D eigenvalue weighted by Gasteiger charge is 2.25. The van der Waals surface area contributed by atoms with Crippen molar-refractivity contribution in [3.05, 3.63) is 48.2 Å². The van der Waals surface area contributed by atoms with Crippen molar-refractivity contribution in [1.82, 2.24) is 20.2 Å². The molecule has 148 valence electrons. The van der Waals surface area contributed by atoms with E-state index >= 15 is 0 Å². The maximum absolute atomic E-state index is 13.3. The minimum atomic E-state index is -0.369. The highest BCUT2D eigenvalue weighted by Crippen LogP contribution is 2.16. The summed E-state index contributed by atoms with van der Waals surface area (Å²) < 4.78 is 18.3. The van der Waals surface area contributed by atoms with Gasteiger partial charge in [-0.25, -0.2) is 19.2 Å². The second-order valence-corrected chi connectivity index (χ2v) is 6.36. The number of hydrogen-bond acceptors (Lipinski definition) is 6. The molecule has 9 heteroatoms. The molecule has 8 nitrogen and oxygen atoms in total. The molecular formula is C19H22FN5O3. The van der Waals surface area contributed by atoms with Crippen LogP contribution >= 0.6 is 0 Å². The molecule has 1 aromatic carbocycles. The van der Waals surface area contributed by atoms with Crippen molar-refractivity contribution >= 4 is 23.5 Å². The largest absolute Gasteiger partial charge is 0.450 e. The van der Waals surface area contributed by atoms with Gasteiger partial charge < -0.3 is 20.3 Å². The zero-order valence-electron chi connectivity index (χ0n) is 15.5. The van der Waals surface area contributed by atoms with E-state index in [0.717, 1.165) is 0 Å². The van der Waals surface area contributed by atoms with Crippen LogP contribution in [0, 0.1) is 5.82 Å². The van der Waals surface area contributed by atoms with E-state index in [4.69, 9.17) is 4.74 Å². The smallest absolute Gasteiger partial charge is 0.409 e. The molecule has 1 fully saturated rings. The molecule has 1 aliphatic heterocycles. The maximum Gasteiger partial charge on any atom is 0.409 e. The highest BCUT2D eigenvalue weighted by atomic mass is 19.1. The fourth-order valence-corrected chi connectivity index (χ4v) is 2.94. The van der Waals surface area contributed by atoms with Gasteiger partial charge in [0.25, 0.3) is 5.91 Å². The number of nitrogens with one attached hydrogen (secondary N) is 2. The molecule has 2 amide bonds. The number of amides is 2. The Hall–Kier alpha value is -3.23. The van der Waals surface area contributed by atoms with Gasteiger partial charge in [-0.3, -0.25) is 4.79 Å². The van der Waals surface area contributed by atoms with E-state index in [1.807, 2.05) is 0 Å². The number of aromatic nitrogens is 2. The van der Waals surface area contributed by atoms with Crippen molar-refractivity contribution < 1.29 is 18.7 Å². The number of hydrogen-bond donors (Lipinski definition) is 2. The molecule has 2 aromatic rings. The number of nitrogens with zero attached hydrogens (tertiary/aromatic N) is 3. The molecular weight excluding hydrogens is 365 g/mol. The third-order valence-electron chi connectivity index (χ3n) is 4.35. The standard InChI is InChI=1S/C19H22FN5O3/c1-2-28-19(27)25-8-6-14(7-9-25)24-18(26)16-11-17(22-12-21-16)23-15-5-3-4-13(20)10-15/h3-5,10-12,14H,2,6-9H2,1H3,(H,24,26)(H,21,22,23). The molecule has 0 spiro atoms. The van der Waals surface area contributed by atoms with Gasteiger partial charge in [0.2, 0.25) is 0 Å². The van der Waals surface area contributed by atoms with Gasteiger partial charge in [0.1, 0.15) is 23.7 Å². The normalized spacial score (nSPS) is 14.4. The molecule has 0 atom stereocenters. The Balaban J connectivity index is 1.56. The molecule has 1 saturated heterocycles. The summed E-state index contributed by atoms with van der Waals surface area (Å²) in [6.45, 7) is 3.17. The Morgan fingerprint density at radius 2 is 2.04 bits per heavy atom. The summed E-state index contributed by atoms with van der Waals surface area (Å²) in [6, 6.07) is 7.41. The Kier molecular flexibility index (Phi) is 6.36. The van der Waals surface area contributed by atoms with Gasteiger partial charge >= 0.3 is 6.09 Å². The third kappa shape index (κ3) is 5.15. The fourth-order valence-electron chi connectivity index (χ4n) is 2.94. The van der Waals surface area contributed by atoms with E-state index in [1.54, 1.807) is 24.0 Å². The molecule has 2 heterocycles. The first-order valence-corrected chi connectivity index (χ1v) is 9.12. The molecule has 0 aliphatic carbocycles. The van der Waals surface area contributed by atoms with Crippen molar-refractivity contribution in [3.8, 4) is 0 Å². The van der Waals surface area contributed by atoms with Gasteiger partial charge in [0, 0.05) is 30.9 Å². The van der Waals surface area contributed by atoms with E-state index in [-0.39, 0.29) is 29.6 Å². The lowest BCUT2D eigenvalue weighted by Gasteiger charge is -2.31. The molecule has 2 N–H and O–H groups in total. The van der Waals surface area contributed by atoms with E-state index in [0.29, 0.717) is 44.0 Å². The first kappa shape index (κ1) is 19.5.